The number of fused-ring (bicyclic) bond motifs is 1. The third kappa shape index (κ3) is 4.51. The second kappa shape index (κ2) is 8.69. The lowest BCUT2D eigenvalue weighted by Gasteiger charge is -2.36. The van der Waals surface area contributed by atoms with Gasteiger partial charge in [-0.15, -0.1) is 0 Å². The molecule has 3 heterocycles. The minimum atomic E-state index is 0.526. The standard InChI is InChI=1S/C21H33N5O/c1-18(25-10-7-23(2)8-11-25)17-21-22-19-5-3-4-6-20(19)26(21)12-9-24-13-15-27-16-14-24/h3-6,18H,7-17H2,1-2H3/t18-/m0/s1. The zero-order chi connectivity index (χ0) is 18.6. The molecule has 27 heavy (non-hydrogen) atoms. The summed E-state index contributed by atoms with van der Waals surface area (Å²) >= 11 is 0. The number of piperazine rings is 1. The number of benzene rings is 1. The molecule has 148 valence electrons. The number of para-hydroxylation sites is 2. The molecule has 0 bridgehead atoms. The molecule has 1 aromatic carbocycles. The van der Waals surface area contributed by atoms with Crippen LogP contribution in [0.25, 0.3) is 11.0 Å². The fourth-order valence-electron chi connectivity index (χ4n) is 4.25. The molecule has 0 spiro atoms. The van der Waals surface area contributed by atoms with E-state index in [2.05, 4.69) is 57.5 Å². The Morgan fingerprint density at radius 3 is 2.52 bits per heavy atom. The Labute approximate surface area is 162 Å². The molecule has 2 aromatic rings. The zero-order valence-electron chi connectivity index (χ0n) is 16.8. The van der Waals surface area contributed by atoms with Crippen LogP contribution in [-0.4, -0.2) is 96.4 Å². The van der Waals surface area contributed by atoms with Gasteiger partial charge in [-0.25, -0.2) is 4.98 Å². The Morgan fingerprint density at radius 2 is 1.74 bits per heavy atom. The molecule has 0 amide bonds. The minimum Gasteiger partial charge on any atom is -0.379 e. The summed E-state index contributed by atoms with van der Waals surface area (Å²) in [7, 11) is 2.22. The highest BCUT2D eigenvalue weighted by molar-refractivity contribution is 5.75. The largest absolute Gasteiger partial charge is 0.379 e. The topological polar surface area (TPSA) is 36.8 Å². The molecule has 1 atom stereocenters. The number of imidazole rings is 1. The van der Waals surface area contributed by atoms with Crippen molar-refractivity contribution in [2.24, 2.45) is 0 Å². The first-order chi connectivity index (χ1) is 13.2. The zero-order valence-corrected chi connectivity index (χ0v) is 16.8. The van der Waals surface area contributed by atoms with Crippen molar-refractivity contribution in [3.05, 3.63) is 30.1 Å². The molecule has 6 nitrogen and oxygen atoms in total. The molecule has 0 unspecified atom stereocenters. The van der Waals surface area contributed by atoms with Gasteiger partial charge in [-0.1, -0.05) is 12.1 Å². The van der Waals surface area contributed by atoms with Crippen molar-refractivity contribution >= 4 is 11.0 Å². The number of likely N-dealkylation sites (N-methyl/N-ethyl adjacent to an activating group) is 1. The van der Waals surface area contributed by atoms with Crippen LogP contribution in [0.1, 0.15) is 12.7 Å². The van der Waals surface area contributed by atoms with Crippen molar-refractivity contribution in [2.75, 3.05) is 66.1 Å². The summed E-state index contributed by atoms with van der Waals surface area (Å²) in [6.07, 6.45) is 1.02. The Hall–Kier alpha value is -1.47. The molecule has 2 aliphatic rings. The highest BCUT2D eigenvalue weighted by Gasteiger charge is 2.22. The number of hydrogen-bond donors (Lipinski definition) is 0. The highest BCUT2D eigenvalue weighted by atomic mass is 16.5. The van der Waals surface area contributed by atoms with Crippen molar-refractivity contribution < 1.29 is 4.74 Å². The monoisotopic (exact) mass is 371 g/mol. The van der Waals surface area contributed by atoms with E-state index >= 15 is 0 Å². The van der Waals surface area contributed by atoms with Crippen LogP contribution in [0.3, 0.4) is 0 Å². The van der Waals surface area contributed by atoms with E-state index in [1.165, 1.54) is 11.3 Å². The van der Waals surface area contributed by atoms with Gasteiger partial charge < -0.3 is 14.2 Å². The molecule has 0 aliphatic carbocycles. The summed E-state index contributed by atoms with van der Waals surface area (Å²) in [5.74, 6) is 1.23. The Balaban J connectivity index is 1.48. The van der Waals surface area contributed by atoms with E-state index in [0.717, 1.165) is 77.5 Å². The van der Waals surface area contributed by atoms with Gasteiger partial charge in [0.1, 0.15) is 5.82 Å². The maximum atomic E-state index is 5.49. The summed E-state index contributed by atoms with van der Waals surface area (Å²) in [4.78, 5) is 12.5. The first kappa shape index (κ1) is 18.9. The van der Waals surface area contributed by atoms with Crippen molar-refractivity contribution in [3.8, 4) is 0 Å². The fraction of sp³-hybridized carbons (Fsp3) is 0.667. The van der Waals surface area contributed by atoms with E-state index in [9.17, 15) is 0 Å². The van der Waals surface area contributed by atoms with E-state index in [1.54, 1.807) is 0 Å². The van der Waals surface area contributed by atoms with Gasteiger partial charge in [0.25, 0.3) is 0 Å². The summed E-state index contributed by atoms with van der Waals surface area (Å²) < 4.78 is 7.94. The van der Waals surface area contributed by atoms with Crippen LogP contribution in [0, 0.1) is 0 Å². The van der Waals surface area contributed by atoms with Gasteiger partial charge in [0.15, 0.2) is 0 Å². The van der Waals surface area contributed by atoms with Gasteiger partial charge in [0, 0.05) is 64.8 Å². The summed E-state index contributed by atoms with van der Waals surface area (Å²) in [5.41, 5.74) is 2.39. The number of rotatable bonds is 6. The fourth-order valence-corrected chi connectivity index (χ4v) is 4.25. The average Bonchev–Trinajstić information content (AvgIpc) is 3.04. The number of hydrogen-bond acceptors (Lipinski definition) is 5. The average molecular weight is 372 g/mol. The first-order valence-corrected chi connectivity index (χ1v) is 10.4. The van der Waals surface area contributed by atoms with Crippen molar-refractivity contribution in [2.45, 2.75) is 25.9 Å². The summed E-state index contributed by atoms with van der Waals surface area (Å²) in [6.45, 7) is 12.9. The molecule has 1 aromatic heterocycles. The van der Waals surface area contributed by atoms with Crippen LogP contribution >= 0.6 is 0 Å². The molecule has 2 saturated heterocycles. The first-order valence-electron chi connectivity index (χ1n) is 10.4. The lowest BCUT2D eigenvalue weighted by atomic mass is 10.1. The molecule has 0 saturated carbocycles. The predicted molar refractivity (Wildman–Crippen MR) is 109 cm³/mol. The minimum absolute atomic E-state index is 0.526. The number of ether oxygens (including phenoxy) is 1. The molecule has 6 heteroatoms. The van der Waals surface area contributed by atoms with E-state index in [4.69, 9.17) is 9.72 Å². The molecule has 4 rings (SSSR count). The van der Waals surface area contributed by atoms with Crippen LogP contribution in [0.4, 0.5) is 0 Å². The maximum absolute atomic E-state index is 5.49. The smallest absolute Gasteiger partial charge is 0.111 e. The second-order valence-electron chi connectivity index (χ2n) is 8.01. The van der Waals surface area contributed by atoms with Gasteiger partial charge in [0.05, 0.1) is 24.2 Å². The SMILES string of the molecule is C[C@@H](Cc1nc2ccccc2n1CCN1CCOCC1)N1CCN(C)CC1. The van der Waals surface area contributed by atoms with Gasteiger partial charge in [-0.05, 0) is 26.1 Å². The van der Waals surface area contributed by atoms with Gasteiger partial charge >= 0.3 is 0 Å². The van der Waals surface area contributed by atoms with E-state index in [-0.39, 0.29) is 0 Å². The number of nitrogens with zero attached hydrogens (tertiary/aromatic N) is 5. The molecule has 2 fully saturated rings. The number of aromatic nitrogens is 2. The van der Waals surface area contributed by atoms with E-state index in [0.29, 0.717) is 6.04 Å². The van der Waals surface area contributed by atoms with Crippen LogP contribution in [-0.2, 0) is 17.7 Å². The quantitative estimate of drug-likeness (QED) is 0.770. The Kier molecular flexibility index (Phi) is 6.08. The second-order valence-corrected chi connectivity index (χ2v) is 8.01. The predicted octanol–water partition coefficient (Wildman–Crippen LogP) is 1.55. The van der Waals surface area contributed by atoms with Crippen LogP contribution in [0.15, 0.2) is 24.3 Å². The molecule has 2 aliphatic heterocycles. The van der Waals surface area contributed by atoms with Crippen molar-refractivity contribution in [3.63, 3.8) is 0 Å². The van der Waals surface area contributed by atoms with Gasteiger partial charge in [-0.3, -0.25) is 9.80 Å². The highest BCUT2D eigenvalue weighted by Crippen LogP contribution is 2.19. The Morgan fingerprint density at radius 1 is 1.00 bits per heavy atom. The Bertz CT molecular complexity index is 731. The van der Waals surface area contributed by atoms with Crippen molar-refractivity contribution in [1.29, 1.82) is 0 Å². The van der Waals surface area contributed by atoms with Gasteiger partial charge in [-0.2, -0.15) is 0 Å². The molecular formula is C21H33N5O. The molecule has 0 N–H and O–H groups in total. The van der Waals surface area contributed by atoms with Crippen LogP contribution < -0.4 is 0 Å². The van der Waals surface area contributed by atoms with E-state index in [1.807, 2.05) is 0 Å². The van der Waals surface area contributed by atoms with Crippen LogP contribution in [0.2, 0.25) is 0 Å². The van der Waals surface area contributed by atoms with Crippen molar-refractivity contribution in [1.82, 2.24) is 24.3 Å². The van der Waals surface area contributed by atoms with Crippen LogP contribution in [0.5, 0.6) is 0 Å². The lowest BCUT2D eigenvalue weighted by molar-refractivity contribution is 0.0364. The number of morpholine rings is 1. The summed E-state index contributed by atoms with van der Waals surface area (Å²) in [5, 5.41) is 0. The van der Waals surface area contributed by atoms with Gasteiger partial charge in [0.2, 0.25) is 0 Å². The third-order valence-electron chi connectivity index (χ3n) is 6.12. The summed E-state index contributed by atoms with van der Waals surface area (Å²) in [6, 6.07) is 9.10. The normalized spacial score (nSPS) is 21.7. The maximum Gasteiger partial charge on any atom is 0.111 e. The third-order valence-corrected chi connectivity index (χ3v) is 6.12. The molecule has 0 radical (unpaired) electrons. The van der Waals surface area contributed by atoms with E-state index < -0.39 is 0 Å². The molecular weight excluding hydrogens is 338 g/mol. The lowest BCUT2D eigenvalue weighted by Crippen LogP contribution is -2.48.